The summed E-state index contributed by atoms with van der Waals surface area (Å²) in [5.41, 5.74) is 6.42. The van der Waals surface area contributed by atoms with Crippen molar-refractivity contribution in [3.63, 3.8) is 0 Å². The van der Waals surface area contributed by atoms with Gasteiger partial charge in [0.05, 0.1) is 9.77 Å². The topological polar surface area (TPSA) is 95.7 Å². The molecule has 0 aliphatic carbocycles. The molecule has 146 valence electrons. The molecular weight excluding hydrogens is 384 g/mol. The normalized spacial score (nSPS) is 15.8. The predicted molar refractivity (Wildman–Crippen MR) is 108 cm³/mol. The van der Waals surface area contributed by atoms with Crippen molar-refractivity contribution in [2.75, 3.05) is 44.2 Å². The van der Waals surface area contributed by atoms with Crippen molar-refractivity contribution in [3.8, 4) is 0 Å². The molecular formula is C18H24N4O3S2. The van der Waals surface area contributed by atoms with Gasteiger partial charge in [-0.25, -0.2) is 13.1 Å². The van der Waals surface area contributed by atoms with E-state index in [0.717, 1.165) is 50.5 Å². The Morgan fingerprint density at radius 2 is 1.85 bits per heavy atom. The van der Waals surface area contributed by atoms with Crippen molar-refractivity contribution in [2.45, 2.75) is 11.3 Å². The van der Waals surface area contributed by atoms with E-state index < -0.39 is 15.9 Å². The molecule has 9 heteroatoms. The predicted octanol–water partition coefficient (Wildman–Crippen LogP) is 1.34. The van der Waals surface area contributed by atoms with E-state index in [9.17, 15) is 13.2 Å². The van der Waals surface area contributed by atoms with Crippen LogP contribution in [0.25, 0.3) is 0 Å². The molecule has 3 rings (SSSR count). The average molecular weight is 409 g/mol. The lowest BCUT2D eigenvalue weighted by Crippen LogP contribution is -2.47. The number of anilines is 1. The first-order valence-electron chi connectivity index (χ1n) is 8.86. The third kappa shape index (κ3) is 5.29. The van der Waals surface area contributed by atoms with Gasteiger partial charge in [0.1, 0.15) is 0 Å². The number of nitrogens with one attached hydrogen (secondary N) is 1. The summed E-state index contributed by atoms with van der Waals surface area (Å²) in [7, 11) is -3.59. The summed E-state index contributed by atoms with van der Waals surface area (Å²) >= 11 is 1.04. The summed E-state index contributed by atoms with van der Waals surface area (Å²) < 4.78 is 27.1. The SMILES string of the molecule is NC(=O)c1cc(S(=O)(=O)NCCCN2CCN(c3ccccc3)CC2)cs1. The van der Waals surface area contributed by atoms with Crippen LogP contribution in [0.2, 0.25) is 0 Å². The van der Waals surface area contributed by atoms with Crippen LogP contribution >= 0.6 is 11.3 Å². The Kier molecular flexibility index (Phi) is 6.48. The molecule has 0 spiro atoms. The molecule has 0 radical (unpaired) electrons. The highest BCUT2D eigenvalue weighted by Crippen LogP contribution is 2.19. The molecule has 1 fully saturated rings. The van der Waals surface area contributed by atoms with E-state index in [1.165, 1.54) is 17.1 Å². The molecule has 1 aromatic heterocycles. The van der Waals surface area contributed by atoms with Crippen LogP contribution < -0.4 is 15.4 Å². The Morgan fingerprint density at radius 1 is 1.15 bits per heavy atom. The maximum Gasteiger partial charge on any atom is 0.258 e. The highest BCUT2D eigenvalue weighted by molar-refractivity contribution is 7.89. The van der Waals surface area contributed by atoms with Crippen molar-refractivity contribution in [1.82, 2.24) is 9.62 Å². The minimum Gasteiger partial charge on any atom is -0.369 e. The first kappa shape index (κ1) is 19.8. The van der Waals surface area contributed by atoms with E-state index in [-0.39, 0.29) is 9.77 Å². The highest BCUT2D eigenvalue weighted by Gasteiger charge is 2.19. The van der Waals surface area contributed by atoms with E-state index in [4.69, 9.17) is 5.73 Å². The number of thiophene rings is 1. The zero-order valence-electron chi connectivity index (χ0n) is 15.0. The van der Waals surface area contributed by atoms with Crippen LogP contribution in [-0.4, -0.2) is 58.5 Å². The Hall–Kier alpha value is -1.94. The van der Waals surface area contributed by atoms with Crippen LogP contribution in [0.4, 0.5) is 5.69 Å². The van der Waals surface area contributed by atoms with Crippen molar-refractivity contribution >= 4 is 33.0 Å². The van der Waals surface area contributed by atoms with Gasteiger partial charge < -0.3 is 10.6 Å². The summed E-state index contributed by atoms with van der Waals surface area (Å²) in [4.78, 5) is 16.2. The lowest BCUT2D eigenvalue weighted by atomic mass is 10.2. The first-order valence-corrected chi connectivity index (χ1v) is 11.2. The summed E-state index contributed by atoms with van der Waals surface area (Å²) in [6, 6.07) is 11.7. The number of sulfonamides is 1. The molecule has 0 atom stereocenters. The Labute approximate surface area is 163 Å². The zero-order chi connectivity index (χ0) is 19.3. The molecule has 1 saturated heterocycles. The molecule has 1 aliphatic heterocycles. The number of hydrogen-bond acceptors (Lipinski definition) is 6. The number of piperazine rings is 1. The van der Waals surface area contributed by atoms with Crippen LogP contribution in [0.1, 0.15) is 16.1 Å². The molecule has 1 aliphatic rings. The molecule has 1 amide bonds. The second-order valence-electron chi connectivity index (χ2n) is 6.43. The lowest BCUT2D eigenvalue weighted by Gasteiger charge is -2.36. The van der Waals surface area contributed by atoms with Gasteiger partial charge >= 0.3 is 0 Å². The van der Waals surface area contributed by atoms with Crippen LogP contribution in [0.15, 0.2) is 46.7 Å². The smallest absolute Gasteiger partial charge is 0.258 e. The first-order chi connectivity index (χ1) is 13.0. The number of para-hydroxylation sites is 1. The fraction of sp³-hybridized carbons (Fsp3) is 0.389. The second-order valence-corrected chi connectivity index (χ2v) is 9.10. The number of hydrogen-bond donors (Lipinski definition) is 2. The fourth-order valence-electron chi connectivity index (χ4n) is 3.05. The molecule has 27 heavy (non-hydrogen) atoms. The van der Waals surface area contributed by atoms with Crippen LogP contribution in [0.5, 0.6) is 0 Å². The van der Waals surface area contributed by atoms with Gasteiger partial charge in [0.2, 0.25) is 10.0 Å². The minimum absolute atomic E-state index is 0.0952. The van der Waals surface area contributed by atoms with Gasteiger partial charge in [0.15, 0.2) is 0 Å². The lowest BCUT2D eigenvalue weighted by molar-refractivity contribution is 0.100. The fourth-order valence-corrected chi connectivity index (χ4v) is 5.25. The maximum absolute atomic E-state index is 12.2. The highest BCUT2D eigenvalue weighted by atomic mass is 32.2. The molecule has 2 aromatic rings. The summed E-state index contributed by atoms with van der Waals surface area (Å²) in [6.07, 6.45) is 0.734. The molecule has 0 saturated carbocycles. The Bertz CT molecular complexity index is 860. The van der Waals surface area contributed by atoms with Crippen molar-refractivity contribution in [1.29, 1.82) is 0 Å². The molecule has 2 heterocycles. The zero-order valence-corrected chi connectivity index (χ0v) is 16.6. The number of primary amides is 1. The van der Waals surface area contributed by atoms with E-state index in [1.807, 2.05) is 18.2 Å². The molecule has 0 bridgehead atoms. The number of rotatable bonds is 8. The number of carbonyl (C=O) groups excluding carboxylic acids is 1. The third-order valence-electron chi connectivity index (χ3n) is 4.57. The standard InChI is InChI=1S/C18H24N4O3S2/c19-18(23)17-13-16(14-26-17)27(24,25)20-7-4-8-21-9-11-22(12-10-21)15-5-2-1-3-6-15/h1-3,5-6,13-14,20H,4,7-12H2,(H2,19,23). The minimum atomic E-state index is -3.59. The summed E-state index contributed by atoms with van der Waals surface area (Å²) in [6.45, 7) is 5.09. The summed E-state index contributed by atoms with van der Waals surface area (Å²) in [5.74, 6) is -0.615. The molecule has 1 aromatic carbocycles. The number of benzene rings is 1. The number of carbonyl (C=O) groups is 1. The van der Waals surface area contributed by atoms with E-state index >= 15 is 0 Å². The van der Waals surface area contributed by atoms with Crippen molar-refractivity contribution < 1.29 is 13.2 Å². The Balaban J connectivity index is 1.39. The van der Waals surface area contributed by atoms with E-state index in [0.29, 0.717) is 6.54 Å². The third-order valence-corrected chi connectivity index (χ3v) is 7.10. The molecule has 0 unspecified atom stereocenters. The maximum atomic E-state index is 12.2. The number of nitrogens with two attached hydrogens (primary N) is 1. The van der Waals surface area contributed by atoms with Gasteiger partial charge in [-0.3, -0.25) is 9.69 Å². The Morgan fingerprint density at radius 3 is 2.48 bits per heavy atom. The summed E-state index contributed by atoms with van der Waals surface area (Å²) in [5, 5.41) is 1.44. The van der Waals surface area contributed by atoms with Gasteiger partial charge in [-0.15, -0.1) is 11.3 Å². The quantitative estimate of drug-likeness (QED) is 0.643. The van der Waals surface area contributed by atoms with Crippen LogP contribution in [-0.2, 0) is 10.0 Å². The van der Waals surface area contributed by atoms with E-state index in [1.54, 1.807) is 0 Å². The molecule has 3 N–H and O–H groups in total. The van der Waals surface area contributed by atoms with Gasteiger partial charge in [-0.1, -0.05) is 18.2 Å². The van der Waals surface area contributed by atoms with Gasteiger partial charge in [-0.05, 0) is 31.2 Å². The molecule has 7 nitrogen and oxygen atoms in total. The van der Waals surface area contributed by atoms with E-state index in [2.05, 4.69) is 26.7 Å². The van der Waals surface area contributed by atoms with Crippen molar-refractivity contribution in [2.24, 2.45) is 5.73 Å². The second kappa shape index (κ2) is 8.83. The number of amides is 1. The number of nitrogens with zero attached hydrogens (tertiary/aromatic N) is 2. The largest absolute Gasteiger partial charge is 0.369 e. The van der Waals surface area contributed by atoms with Crippen LogP contribution in [0.3, 0.4) is 0 Å². The average Bonchev–Trinajstić information content (AvgIpc) is 3.18. The van der Waals surface area contributed by atoms with Crippen LogP contribution in [0, 0.1) is 0 Å². The van der Waals surface area contributed by atoms with Gasteiger partial charge in [-0.2, -0.15) is 0 Å². The van der Waals surface area contributed by atoms with Gasteiger partial charge in [0.25, 0.3) is 5.91 Å². The monoisotopic (exact) mass is 408 g/mol. The van der Waals surface area contributed by atoms with Crippen molar-refractivity contribution in [3.05, 3.63) is 46.7 Å². The van der Waals surface area contributed by atoms with Gasteiger partial charge in [0, 0.05) is 43.8 Å².